The largest absolute Gasteiger partial charge is 0.494 e. The van der Waals surface area contributed by atoms with E-state index in [1.165, 1.54) is 7.11 Å². The number of rotatable bonds is 9. The van der Waals surface area contributed by atoms with E-state index < -0.39 is 5.54 Å². The molecule has 1 heterocycles. The summed E-state index contributed by atoms with van der Waals surface area (Å²) in [5.74, 6) is 1.28. The number of benzene rings is 2. The van der Waals surface area contributed by atoms with E-state index in [1.54, 1.807) is 25.1 Å². The van der Waals surface area contributed by atoms with Crippen LogP contribution < -0.4 is 9.47 Å². The molecular formula is C22H26FNO4. The van der Waals surface area contributed by atoms with Crippen molar-refractivity contribution in [1.29, 1.82) is 0 Å². The summed E-state index contributed by atoms with van der Waals surface area (Å²) in [5.41, 5.74) is 1.18. The predicted octanol–water partition coefficient (Wildman–Crippen LogP) is 3.57. The van der Waals surface area contributed by atoms with Crippen LogP contribution in [-0.2, 0) is 17.6 Å². The van der Waals surface area contributed by atoms with Gasteiger partial charge in [0.05, 0.1) is 20.3 Å². The summed E-state index contributed by atoms with van der Waals surface area (Å²) in [6.07, 6.45) is 1.97. The Kier molecular flexibility index (Phi) is 6.52. The zero-order chi connectivity index (χ0) is 20.0. The fourth-order valence-corrected chi connectivity index (χ4v) is 3.24. The standard InChI is InChI=1S/C22H26FNO4/c1-16-24-22(14-25,15-28-16)12-10-17-6-8-19(9-7-17)27-13-11-18-4-3-5-20(26-2)21(18)23/h3-9,25H,10-15H2,1-2H3. The van der Waals surface area contributed by atoms with Gasteiger partial charge in [-0.05, 0) is 42.2 Å². The molecule has 0 aliphatic carbocycles. The van der Waals surface area contributed by atoms with Gasteiger partial charge in [0.15, 0.2) is 17.5 Å². The summed E-state index contributed by atoms with van der Waals surface area (Å²) >= 11 is 0. The van der Waals surface area contributed by atoms with Crippen molar-refractivity contribution in [2.75, 3.05) is 26.9 Å². The Morgan fingerprint density at radius 3 is 2.61 bits per heavy atom. The van der Waals surface area contributed by atoms with Gasteiger partial charge in [-0.2, -0.15) is 0 Å². The van der Waals surface area contributed by atoms with E-state index in [0.717, 1.165) is 24.2 Å². The molecule has 0 aromatic heterocycles. The summed E-state index contributed by atoms with van der Waals surface area (Å²) in [6.45, 7) is 2.59. The minimum absolute atomic E-state index is 0.0215. The Bertz CT molecular complexity index is 822. The average Bonchev–Trinajstić information content (AvgIpc) is 3.10. The lowest BCUT2D eigenvalue weighted by atomic mass is 9.94. The normalized spacial score (nSPS) is 18.5. The van der Waals surface area contributed by atoms with E-state index in [9.17, 15) is 9.50 Å². The van der Waals surface area contributed by atoms with Crippen molar-refractivity contribution >= 4 is 5.90 Å². The average molecular weight is 387 g/mol. The monoisotopic (exact) mass is 387 g/mol. The van der Waals surface area contributed by atoms with Crippen molar-refractivity contribution in [2.45, 2.75) is 31.7 Å². The maximum atomic E-state index is 14.1. The highest BCUT2D eigenvalue weighted by molar-refractivity contribution is 5.75. The third-order valence-electron chi connectivity index (χ3n) is 4.94. The highest BCUT2D eigenvalue weighted by atomic mass is 19.1. The summed E-state index contributed by atoms with van der Waals surface area (Å²) in [6, 6.07) is 12.9. The molecule has 0 radical (unpaired) electrons. The predicted molar refractivity (Wildman–Crippen MR) is 106 cm³/mol. The fraction of sp³-hybridized carbons (Fsp3) is 0.409. The van der Waals surface area contributed by atoms with Gasteiger partial charge in [-0.15, -0.1) is 0 Å². The molecule has 2 aromatic rings. The van der Waals surface area contributed by atoms with E-state index in [-0.39, 0.29) is 18.2 Å². The second kappa shape index (κ2) is 9.06. The van der Waals surface area contributed by atoms with Gasteiger partial charge < -0.3 is 19.3 Å². The minimum Gasteiger partial charge on any atom is -0.494 e. The summed E-state index contributed by atoms with van der Waals surface area (Å²) in [7, 11) is 1.45. The smallest absolute Gasteiger partial charge is 0.180 e. The molecule has 2 aromatic carbocycles. The highest BCUT2D eigenvalue weighted by Crippen LogP contribution is 2.25. The molecule has 150 valence electrons. The molecule has 0 saturated carbocycles. The van der Waals surface area contributed by atoms with Crippen molar-refractivity contribution in [1.82, 2.24) is 0 Å². The van der Waals surface area contributed by atoms with Crippen molar-refractivity contribution in [2.24, 2.45) is 4.99 Å². The first kappa shape index (κ1) is 20.1. The molecule has 1 N–H and O–H groups in total. The minimum atomic E-state index is -0.528. The molecule has 0 fully saturated rings. The van der Waals surface area contributed by atoms with Gasteiger partial charge in [0.2, 0.25) is 0 Å². The van der Waals surface area contributed by atoms with Crippen LogP contribution in [0.3, 0.4) is 0 Å². The maximum Gasteiger partial charge on any atom is 0.180 e. The summed E-state index contributed by atoms with van der Waals surface area (Å²) < 4.78 is 30.3. The molecule has 0 saturated heterocycles. The molecule has 1 atom stereocenters. The molecule has 1 aliphatic heterocycles. The molecular weight excluding hydrogens is 361 g/mol. The molecule has 6 heteroatoms. The third-order valence-corrected chi connectivity index (χ3v) is 4.94. The molecule has 0 bridgehead atoms. The first-order chi connectivity index (χ1) is 13.5. The molecule has 1 unspecified atom stereocenters. The zero-order valence-corrected chi connectivity index (χ0v) is 16.3. The number of nitrogens with zero attached hydrogens (tertiary/aromatic N) is 1. The Morgan fingerprint density at radius 1 is 1.18 bits per heavy atom. The van der Waals surface area contributed by atoms with Crippen LogP contribution in [0.5, 0.6) is 11.5 Å². The second-order valence-electron chi connectivity index (χ2n) is 6.98. The summed E-state index contributed by atoms with van der Waals surface area (Å²) in [5, 5.41) is 9.66. The molecule has 3 rings (SSSR count). The van der Waals surface area contributed by atoms with Gasteiger partial charge in [0, 0.05) is 13.3 Å². The van der Waals surface area contributed by atoms with E-state index in [2.05, 4.69) is 4.99 Å². The van der Waals surface area contributed by atoms with E-state index in [4.69, 9.17) is 14.2 Å². The third kappa shape index (κ3) is 4.81. The lowest BCUT2D eigenvalue weighted by Gasteiger charge is -2.21. The molecule has 0 amide bonds. The fourth-order valence-electron chi connectivity index (χ4n) is 3.24. The van der Waals surface area contributed by atoms with Crippen molar-refractivity contribution < 1.29 is 23.7 Å². The zero-order valence-electron chi connectivity index (χ0n) is 16.3. The Labute approximate surface area is 164 Å². The lowest BCUT2D eigenvalue weighted by molar-refractivity contribution is 0.150. The van der Waals surface area contributed by atoms with Crippen LogP contribution in [0, 0.1) is 5.82 Å². The van der Waals surface area contributed by atoms with Crippen molar-refractivity contribution in [3.63, 3.8) is 0 Å². The molecule has 0 spiro atoms. The number of hydrogen-bond donors (Lipinski definition) is 1. The van der Waals surface area contributed by atoms with Crippen LogP contribution in [0.1, 0.15) is 24.5 Å². The number of ether oxygens (including phenoxy) is 3. The first-order valence-corrected chi connectivity index (χ1v) is 9.38. The van der Waals surface area contributed by atoms with E-state index in [0.29, 0.717) is 31.1 Å². The van der Waals surface area contributed by atoms with Crippen LogP contribution in [0.25, 0.3) is 0 Å². The molecule has 28 heavy (non-hydrogen) atoms. The van der Waals surface area contributed by atoms with Gasteiger partial charge in [-0.25, -0.2) is 9.38 Å². The Morgan fingerprint density at radius 2 is 1.96 bits per heavy atom. The van der Waals surface area contributed by atoms with Crippen molar-refractivity contribution in [3.8, 4) is 11.5 Å². The van der Waals surface area contributed by atoms with Gasteiger partial charge in [-0.3, -0.25) is 0 Å². The highest BCUT2D eigenvalue weighted by Gasteiger charge is 2.34. The molecule has 1 aliphatic rings. The van der Waals surface area contributed by atoms with Gasteiger partial charge in [-0.1, -0.05) is 24.3 Å². The van der Waals surface area contributed by atoms with E-state index in [1.807, 2.05) is 24.3 Å². The van der Waals surface area contributed by atoms with Crippen LogP contribution >= 0.6 is 0 Å². The first-order valence-electron chi connectivity index (χ1n) is 9.38. The second-order valence-corrected chi connectivity index (χ2v) is 6.98. The quantitative estimate of drug-likeness (QED) is 0.715. The molecule has 5 nitrogen and oxygen atoms in total. The van der Waals surface area contributed by atoms with Gasteiger partial charge in [0.1, 0.15) is 17.9 Å². The van der Waals surface area contributed by atoms with Crippen LogP contribution in [0.2, 0.25) is 0 Å². The van der Waals surface area contributed by atoms with Gasteiger partial charge >= 0.3 is 0 Å². The van der Waals surface area contributed by atoms with Crippen LogP contribution in [0.15, 0.2) is 47.5 Å². The topological polar surface area (TPSA) is 60.3 Å². The van der Waals surface area contributed by atoms with Crippen LogP contribution in [0.4, 0.5) is 4.39 Å². The Hall–Kier alpha value is -2.60. The number of aryl methyl sites for hydroxylation is 1. The number of hydrogen-bond acceptors (Lipinski definition) is 5. The van der Waals surface area contributed by atoms with E-state index >= 15 is 0 Å². The van der Waals surface area contributed by atoms with Crippen LogP contribution in [-0.4, -0.2) is 43.5 Å². The lowest BCUT2D eigenvalue weighted by Crippen LogP contribution is -2.33. The Balaban J connectivity index is 1.50. The SMILES string of the molecule is COc1cccc(CCOc2ccc(CCC3(CO)COC(C)=N3)cc2)c1F. The number of aliphatic hydroxyl groups is 1. The number of methoxy groups -OCH3 is 1. The maximum absolute atomic E-state index is 14.1. The number of aliphatic imine (C=N–C) groups is 1. The van der Waals surface area contributed by atoms with Crippen molar-refractivity contribution in [3.05, 3.63) is 59.4 Å². The number of aliphatic hydroxyl groups excluding tert-OH is 1. The summed E-state index contributed by atoms with van der Waals surface area (Å²) in [4.78, 5) is 4.44. The number of halogens is 1. The van der Waals surface area contributed by atoms with Gasteiger partial charge in [0.25, 0.3) is 0 Å².